The number of aromatic nitrogens is 1. The Morgan fingerprint density at radius 3 is 2.42 bits per heavy atom. The number of nitrogens with two attached hydrogens (primary N) is 1. The first-order chi connectivity index (χ1) is 11.6. The standard InChI is InChI=1S/C19H19N3O2/c1-21-13-16(15-9-5-6-10-17(15)21)19(24)22(12-11-18(20)23)14-7-3-2-4-8-14/h2-10,13H,11-12H2,1H3,(H2,20,23). The number of benzene rings is 2. The van der Waals surface area contributed by atoms with E-state index in [0.717, 1.165) is 16.6 Å². The van der Waals surface area contributed by atoms with Crippen LogP contribution >= 0.6 is 0 Å². The van der Waals surface area contributed by atoms with Crippen molar-refractivity contribution in [3.05, 3.63) is 66.4 Å². The zero-order valence-corrected chi connectivity index (χ0v) is 13.5. The predicted octanol–water partition coefficient (Wildman–Crippen LogP) is 2.70. The molecule has 3 rings (SSSR count). The average Bonchev–Trinajstić information content (AvgIpc) is 2.93. The number of para-hydroxylation sites is 2. The van der Waals surface area contributed by atoms with Crippen molar-refractivity contribution in [3.8, 4) is 0 Å². The van der Waals surface area contributed by atoms with Gasteiger partial charge in [0.1, 0.15) is 0 Å². The van der Waals surface area contributed by atoms with Crippen LogP contribution in [-0.4, -0.2) is 22.9 Å². The number of fused-ring (bicyclic) bond motifs is 1. The molecule has 1 aromatic heterocycles. The van der Waals surface area contributed by atoms with Gasteiger partial charge in [-0.05, 0) is 18.2 Å². The molecule has 5 nitrogen and oxygen atoms in total. The van der Waals surface area contributed by atoms with E-state index in [4.69, 9.17) is 5.73 Å². The maximum atomic E-state index is 13.1. The third kappa shape index (κ3) is 3.01. The Kier molecular flexibility index (Phi) is 4.33. The van der Waals surface area contributed by atoms with Crippen LogP contribution in [0.5, 0.6) is 0 Å². The lowest BCUT2D eigenvalue weighted by Gasteiger charge is -2.22. The normalized spacial score (nSPS) is 10.7. The van der Waals surface area contributed by atoms with Gasteiger partial charge in [-0.2, -0.15) is 0 Å². The van der Waals surface area contributed by atoms with Crippen LogP contribution in [0.25, 0.3) is 10.9 Å². The van der Waals surface area contributed by atoms with Crippen molar-refractivity contribution in [3.63, 3.8) is 0 Å². The molecule has 122 valence electrons. The molecule has 0 radical (unpaired) electrons. The molecule has 0 aliphatic heterocycles. The monoisotopic (exact) mass is 321 g/mol. The molecule has 2 N–H and O–H groups in total. The first-order valence-electron chi connectivity index (χ1n) is 7.77. The van der Waals surface area contributed by atoms with Gasteiger partial charge in [-0.1, -0.05) is 36.4 Å². The summed E-state index contributed by atoms with van der Waals surface area (Å²) in [4.78, 5) is 25.9. The van der Waals surface area contributed by atoms with Crippen molar-refractivity contribution in [1.29, 1.82) is 0 Å². The lowest BCUT2D eigenvalue weighted by Crippen LogP contribution is -2.34. The Morgan fingerprint density at radius 2 is 1.71 bits per heavy atom. The van der Waals surface area contributed by atoms with Gasteiger partial charge in [0, 0.05) is 42.8 Å². The number of rotatable bonds is 5. The molecule has 2 amide bonds. The summed E-state index contributed by atoms with van der Waals surface area (Å²) in [5.74, 6) is -0.569. The molecule has 3 aromatic rings. The summed E-state index contributed by atoms with van der Waals surface area (Å²) in [5.41, 5.74) is 7.62. The largest absolute Gasteiger partial charge is 0.370 e. The number of anilines is 1. The quantitative estimate of drug-likeness (QED) is 0.785. The molecule has 0 spiro atoms. The van der Waals surface area contributed by atoms with Gasteiger partial charge in [0.15, 0.2) is 0 Å². The van der Waals surface area contributed by atoms with Crippen LogP contribution in [0.15, 0.2) is 60.8 Å². The first-order valence-corrected chi connectivity index (χ1v) is 7.77. The molecule has 2 aromatic carbocycles. The van der Waals surface area contributed by atoms with Crippen LogP contribution in [0, 0.1) is 0 Å². The van der Waals surface area contributed by atoms with Gasteiger partial charge in [0.05, 0.1) is 5.56 Å². The molecule has 1 heterocycles. The molecule has 0 bridgehead atoms. The number of amides is 2. The van der Waals surface area contributed by atoms with Crippen LogP contribution in [0.1, 0.15) is 16.8 Å². The molecule has 5 heteroatoms. The lowest BCUT2D eigenvalue weighted by atomic mass is 10.1. The summed E-state index contributed by atoms with van der Waals surface area (Å²) >= 11 is 0. The van der Waals surface area contributed by atoms with E-state index in [1.807, 2.05) is 72.4 Å². The average molecular weight is 321 g/mol. The molecule has 0 aliphatic rings. The Morgan fingerprint density at radius 1 is 1.04 bits per heavy atom. The molecule has 0 aliphatic carbocycles. The summed E-state index contributed by atoms with van der Waals surface area (Å²) in [7, 11) is 1.91. The number of nitrogens with zero attached hydrogens (tertiary/aromatic N) is 2. The molecular formula is C19H19N3O2. The van der Waals surface area contributed by atoms with Gasteiger partial charge in [-0.25, -0.2) is 0 Å². The van der Waals surface area contributed by atoms with Crippen LogP contribution in [0.3, 0.4) is 0 Å². The van der Waals surface area contributed by atoms with E-state index >= 15 is 0 Å². The van der Waals surface area contributed by atoms with E-state index in [0.29, 0.717) is 5.56 Å². The van der Waals surface area contributed by atoms with Gasteiger partial charge in [0.25, 0.3) is 5.91 Å². The highest BCUT2D eigenvalue weighted by atomic mass is 16.2. The van der Waals surface area contributed by atoms with Crippen molar-refractivity contribution in [2.75, 3.05) is 11.4 Å². The molecule has 0 saturated heterocycles. The van der Waals surface area contributed by atoms with Crippen LogP contribution < -0.4 is 10.6 Å². The molecule has 24 heavy (non-hydrogen) atoms. The Hall–Kier alpha value is -3.08. The SMILES string of the molecule is Cn1cc(C(=O)N(CCC(N)=O)c2ccccc2)c2ccccc21. The topological polar surface area (TPSA) is 68.3 Å². The van der Waals surface area contributed by atoms with E-state index in [-0.39, 0.29) is 18.9 Å². The Bertz CT molecular complexity index is 884. The highest BCUT2D eigenvalue weighted by molar-refractivity contribution is 6.14. The fourth-order valence-corrected chi connectivity index (χ4v) is 2.84. The number of primary amides is 1. The van der Waals surface area contributed by atoms with E-state index in [1.54, 1.807) is 4.90 Å². The van der Waals surface area contributed by atoms with Crippen molar-refractivity contribution in [1.82, 2.24) is 4.57 Å². The fourth-order valence-electron chi connectivity index (χ4n) is 2.84. The second kappa shape index (κ2) is 6.58. The Balaban J connectivity index is 2.03. The minimum Gasteiger partial charge on any atom is -0.370 e. The van der Waals surface area contributed by atoms with Crippen molar-refractivity contribution < 1.29 is 9.59 Å². The summed E-state index contributed by atoms with van der Waals surface area (Å²) in [5, 5.41) is 0.894. The maximum Gasteiger partial charge on any atom is 0.260 e. The zero-order chi connectivity index (χ0) is 17.1. The van der Waals surface area contributed by atoms with Crippen molar-refractivity contribution in [2.45, 2.75) is 6.42 Å². The third-order valence-electron chi connectivity index (χ3n) is 4.02. The third-order valence-corrected chi connectivity index (χ3v) is 4.02. The minimum absolute atomic E-state index is 0.116. The van der Waals surface area contributed by atoms with E-state index in [9.17, 15) is 9.59 Å². The summed E-state index contributed by atoms with van der Waals surface area (Å²) in [6.07, 6.45) is 1.94. The van der Waals surface area contributed by atoms with Crippen LogP contribution in [-0.2, 0) is 11.8 Å². The van der Waals surface area contributed by atoms with Gasteiger partial charge < -0.3 is 15.2 Å². The van der Waals surface area contributed by atoms with E-state index in [1.165, 1.54) is 0 Å². The summed E-state index contributed by atoms with van der Waals surface area (Å²) in [6.45, 7) is 0.251. The second-order valence-electron chi connectivity index (χ2n) is 5.68. The molecule has 0 fully saturated rings. The smallest absolute Gasteiger partial charge is 0.260 e. The molecular weight excluding hydrogens is 302 g/mol. The number of aryl methyl sites for hydroxylation is 1. The van der Waals surface area contributed by atoms with Gasteiger partial charge in [0.2, 0.25) is 5.91 Å². The predicted molar refractivity (Wildman–Crippen MR) is 94.8 cm³/mol. The highest BCUT2D eigenvalue weighted by Crippen LogP contribution is 2.24. The van der Waals surface area contributed by atoms with Crippen molar-refractivity contribution >= 4 is 28.4 Å². The van der Waals surface area contributed by atoms with Crippen LogP contribution in [0.4, 0.5) is 5.69 Å². The maximum absolute atomic E-state index is 13.1. The van der Waals surface area contributed by atoms with E-state index < -0.39 is 5.91 Å². The second-order valence-corrected chi connectivity index (χ2v) is 5.68. The Labute approximate surface area is 140 Å². The molecule has 0 unspecified atom stereocenters. The molecule has 0 atom stereocenters. The highest BCUT2D eigenvalue weighted by Gasteiger charge is 2.21. The summed E-state index contributed by atoms with van der Waals surface area (Å²) in [6, 6.07) is 17.1. The fraction of sp³-hybridized carbons (Fsp3) is 0.158. The summed E-state index contributed by atoms with van der Waals surface area (Å²) < 4.78 is 1.93. The van der Waals surface area contributed by atoms with Gasteiger partial charge >= 0.3 is 0 Å². The van der Waals surface area contributed by atoms with Gasteiger partial charge in [-0.3, -0.25) is 9.59 Å². The number of hydrogen-bond acceptors (Lipinski definition) is 2. The number of carbonyl (C=O) groups is 2. The van der Waals surface area contributed by atoms with Gasteiger partial charge in [-0.15, -0.1) is 0 Å². The van der Waals surface area contributed by atoms with E-state index in [2.05, 4.69) is 0 Å². The minimum atomic E-state index is -0.429. The number of carbonyl (C=O) groups excluding carboxylic acids is 2. The van der Waals surface area contributed by atoms with Crippen molar-refractivity contribution in [2.24, 2.45) is 12.8 Å². The first kappa shape index (κ1) is 15.8. The molecule has 0 saturated carbocycles. The number of hydrogen-bond donors (Lipinski definition) is 1. The van der Waals surface area contributed by atoms with Crippen LogP contribution in [0.2, 0.25) is 0 Å². The zero-order valence-electron chi connectivity index (χ0n) is 13.5. The lowest BCUT2D eigenvalue weighted by molar-refractivity contribution is -0.117.